The van der Waals surface area contributed by atoms with E-state index in [0.29, 0.717) is 31.0 Å². The number of hydrogen-bond donors (Lipinski definition) is 2. The standard InChI is InChI=1S/C24H31N3O6S/c1-3-20(24(29)25-16-18-10-9-15-33-18)27(21-13-7-8-14-22(21)32-2)23(28)17-26-34(30,31)19-11-5-4-6-12-19/h4-8,11-14,18,20,26H,3,9-10,15-17H2,1-2H3,(H,25,29)/t18-,20+/m0/s1. The topological polar surface area (TPSA) is 114 Å². The maximum absolute atomic E-state index is 13.4. The van der Waals surface area contributed by atoms with Crippen molar-refractivity contribution in [3.63, 3.8) is 0 Å². The molecule has 2 aromatic carbocycles. The lowest BCUT2D eigenvalue weighted by molar-refractivity contribution is -0.126. The number of nitrogens with one attached hydrogen (secondary N) is 2. The Bertz CT molecular complexity index is 1070. The lowest BCUT2D eigenvalue weighted by atomic mass is 10.1. The van der Waals surface area contributed by atoms with Crippen LogP contribution in [0.4, 0.5) is 5.69 Å². The molecule has 3 rings (SSSR count). The molecule has 0 unspecified atom stereocenters. The lowest BCUT2D eigenvalue weighted by Gasteiger charge is -2.31. The smallest absolute Gasteiger partial charge is 0.243 e. The first-order valence-corrected chi connectivity index (χ1v) is 12.7. The van der Waals surface area contributed by atoms with Crippen molar-refractivity contribution in [3.05, 3.63) is 54.6 Å². The van der Waals surface area contributed by atoms with Gasteiger partial charge in [0.25, 0.3) is 0 Å². The maximum Gasteiger partial charge on any atom is 0.243 e. The molecule has 0 radical (unpaired) electrons. The van der Waals surface area contributed by atoms with Crippen molar-refractivity contribution in [3.8, 4) is 5.75 Å². The van der Waals surface area contributed by atoms with Crippen LogP contribution in [0.3, 0.4) is 0 Å². The number of para-hydroxylation sites is 2. The summed E-state index contributed by atoms with van der Waals surface area (Å²) in [5.74, 6) is -0.529. The predicted molar refractivity (Wildman–Crippen MR) is 128 cm³/mol. The van der Waals surface area contributed by atoms with Crippen LogP contribution in [0, 0.1) is 0 Å². The SMILES string of the molecule is CC[C@H](C(=O)NC[C@@H]1CCCO1)N(C(=O)CNS(=O)(=O)c1ccccc1)c1ccccc1OC. The minimum Gasteiger partial charge on any atom is -0.495 e. The summed E-state index contributed by atoms with van der Waals surface area (Å²) in [6.07, 6.45) is 2.08. The molecule has 1 aliphatic rings. The van der Waals surface area contributed by atoms with Crippen LogP contribution in [0.15, 0.2) is 59.5 Å². The van der Waals surface area contributed by atoms with Crippen molar-refractivity contribution in [2.75, 3.05) is 31.7 Å². The molecule has 1 saturated heterocycles. The molecule has 9 nitrogen and oxygen atoms in total. The van der Waals surface area contributed by atoms with Gasteiger partial charge in [0.15, 0.2) is 0 Å². The Balaban J connectivity index is 1.83. The van der Waals surface area contributed by atoms with Crippen LogP contribution in [0.1, 0.15) is 26.2 Å². The summed E-state index contributed by atoms with van der Waals surface area (Å²) in [6.45, 7) is 2.29. The average Bonchev–Trinajstić information content (AvgIpc) is 3.39. The number of methoxy groups -OCH3 is 1. The number of carbonyl (C=O) groups excluding carboxylic acids is 2. The number of carbonyl (C=O) groups is 2. The Morgan fingerprint density at radius 3 is 2.50 bits per heavy atom. The van der Waals surface area contributed by atoms with E-state index < -0.39 is 28.5 Å². The highest BCUT2D eigenvalue weighted by Crippen LogP contribution is 2.30. The van der Waals surface area contributed by atoms with Gasteiger partial charge in [-0.3, -0.25) is 14.5 Å². The lowest BCUT2D eigenvalue weighted by Crippen LogP contribution is -2.53. The molecule has 2 atom stereocenters. The van der Waals surface area contributed by atoms with E-state index in [1.54, 1.807) is 49.4 Å². The number of sulfonamides is 1. The fraction of sp³-hybridized carbons (Fsp3) is 0.417. The normalized spacial score (nSPS) is 16.6. The van der Waals surface area contributed by atoms with Gasteiger partial charge in [0, 0.05) is 13.2 Å². The van der Waals surface area contributed by atoms with E-state index in [-0.39, 0.29) is 16.9 Å². The van der Waals surface area contributed by atoms with Crippen LogP contribution >= 0.6 is 0 Å². The Morgan fingerprint density at radius 1 is 1.15 bits per heavy atom. The zero-order chi connectivity index (χ0) is 24.6. The Labute approximate surface area is 200 Å². The molecule has 0 spiro atoms. The van der Waals surface area contributed by atoms with Crippen molar-refractivity contribution < 1.29 is 27.5 Å². The van der Waals surface area contributed by atoms with Gasteiger partial charge in [0.05, 0.1) is 30.3 Å². The molecule has 0 aromatic heterocycles. The third-order valence-corrected chi connectivity index (χ3v) is 7.03. The molecule has 1 aliphatic heterocycles. The molecule has 0 aliphatic carbocycles. The van der Waals surface area contributed by atoms with Crippen molar-refractivity contribution in [2.24, 2.45) is 0 Å². The molecule has 184 valence electrons. The van der Waals surface area contributed by atoms with Gasteiger partial charge in [-0.2, -0.15) is 0 Å². The highest BCUT2D eigenvalue weighted by molar-refractivity contribution is 7.89. The minimum atomic E-state index is -3.91. The first kappa shape index (κ1) is 25.7. The molecule has 2 aromatic rings. The van der Waals surface area contributed by atoms with Gasteiger partial charge in [0.2, 0.25) is 21.8 Å². The number of ether oxygens (including phenoxy) is 2. The third-order valence-electron chi connectivity index (χ3n) is 5.61. The third kappa shape index (κ3) is 6.34. The van der Waals surface area contributed by atoms with E-state index in [2.05, 4.69) is 10.0 Å². The quantitative estimate of drug-likeness (QED) is 0.500. The average molecular weight is 490 g/mol. The van der Waals surface area contributed by atoms with Gasteiger partial charge in [-0.05, 0) is 43.5 Å². The molecule has 1 heterocycles. The van der Waals surface area contributed by atoms with Crippen molar-refractivity contribution in [2.45, 2.75) is 43.2 Å². The van der Waals surface area contributed by atoms with E-state index in [1.807, 2.05) is 0 Å². The molecule has 10 heteroatoms. The predicted octanol–water partition coefficient (Wildman–Crippen LogP) is 2.08. The number of hydrogen-bond acceptors (Lipinski definition) is 6. The second-order valence-corrected chi connectivity index (χ2v) is 9.64. The summed E-state index contributed by atoms with van der Waals surface area (Å²) in [4.78, 5) is 27.9. The molecule has 0 bridgehead atoms. The first-order valence-electron chi connectivity index (χ1n) is 11.3. The molecule has 2 amide bonds. The number of amides is 2. The van der Waals surface area contributed by atoms with Crippen LogP contribution in [0.5, 0.6) is 5.75 Å². The van der Waals surface area contributed by atoms with Crippen LogP contribution < -0.4 is 19.7 Å². The number of benzene rings is 2. The van der Waals surface area contributed by atoms with Crippen LogP contribution in [-0.4, -0.2) is 59.2 Å². The summed E-state index contributed by atoms with van der Waals surface area (Å²) in [7, 11) is -2.44. The maximum atomic E-state index is 13.4. The van der Waals surface area contributed by atoms with E-state index in [4.69, 9.17) is 9.47 Å². The van der Waals surface area contributed by atoms with Gasteiger partial charge in [-0.1, -0.05) is 37.3 Å². The molecular formula is C24H31N3O6S. The zero-order valence-corrected chi connectivity index (χ0v) is 20.2. The number of nitrogens with zero attached hydrogens (tertiary/aromatic N) is 1. The van der Waals surface area contributed by atoms with E-state index >= 15 is 0 Å². The Morgan fingerprint density at radius 2 is 1.85 bits per heavy atom. The van der Waals surface area contributed by atoms with Gasteiger partial charge in [0.1, 0.15) is 11.8 Å². The van der Waals surface area contributed by atoms with Gasteiger partial charge in [-0.15, -0.1) is 0 Å². The molecule has 34 heavy (non-hydrogen) atoms. The van der Waals surface area contributed by atoms with Crippen molar-refractivity contribution in [1.29, 1.82) is 0 Å². The molecule has 1 fully saturated rings. The summed E-state index contributed by atoms with van der Waals surface area (Å²) in [5.41, 5.74) is 0.382. The number of anilines is 1. The zero-order valence-electron chi connectivity index (χ0n) is 19.4. The summed E-state index contributed by atoms with van der Waals surface area (Å²) in [6, 6.07) is 13.7. The van der Waals surface area contributed by atoms with Crippen LogP contribution in [0.25, 0.3) is 0 Å². The second kappa shape index (κ2) is 12.0. The van der Waals surface area contributed by atoms with Crippen LogP contribution in [0.2, 0.25) is 0 Å². The number of rotatable bonds is 11. The summed E-state index contributed by atoms with van der Waals surface area (Å²) >= 11 is 0. The molecule has 0 saturated carbocycles. The Kier molecular flexibility index (Phi) is 9.03. The monoisotopic (exact) mass is 489 g/mol. The highest BCUT2D eigenvalue weighted by atomic mass is 32.2. The van der Waals surface area contributed by atoms with Gasteiger partial charge < -0.3 is 14.8 Å². The summed E-state index contributed by atoms with van der Waals surface area (Å²) < 4.78 is 38.6. The van der Waals surface area contributed by atoms with Crippen molar-refractivity contribution in [1.82, 2.24) is 10.0 Å². The van der Waals surface area contributed by atoms with E-state index in [0.717, 1.165) is 12.8 Å². The van der Waals surface area contributed by atoms with Gasteiger partial charge >= 0.3 is 0 Å². The second-order valence-electron chi connectivity index (χ2n) is 7.88. The molecular weight excluding hydrogens is 458 g/mol. The highest BCUT2D eigenvalue weighted by Gasteiger charge is 2.32. The van der Waals surface area contributed by atoms with Gasteiger partial charge in [-0.25, -0.2) is 13.1 Å². The van der Waals surface area contributed by atoms with E-state index in [1.165, 1.54) is 24.1 Å². The fourth-order valence-corrected chi connectivity index (χ4v) is 4.85. The largest absolute Gasteiger partial charge is 0.495 e. The first-order chi connectivity index (χ1) is 16.4. The Hall–Kier alpha value is -2.95. The fourth-order valence-electron chi connectivity index (χ4n) is 3.85. The van der Waals surface area contributed by atoms with E-state index in [9.17, 15) is 18.0 Å². The van der Waals surface area contributed by atoms with Crippen molar-refractivity contribution >= 4 is 27.5 Å². The van der Waals surface area contributed by atoms with Crippen LogP contribution in [-0.2, 0) is 24.3 Å². The minimum absolute atomic E-state index is 0.0467. The molecule has 2 N–H and O–H groups in total. The summed E-state index contributed by atoms with van der Waals surface area (Å²) in [5, 5.41) is 2.88.